The standard InChI is InChI=1S/C12H17BO4/c14-13(15)12-3-1-2-10(6-12)7-17-9-11-4-5-16-8-11/h1-3,6,11,14-15H,4-5,7-9H2. The molecule has 2 rings (SSSR count). The lowest BCUT2D eigenvalue weighted by molar-refractivity contribution is 0.0792. The Bertz CT molecular complexity index is 350. The van der Waals surface area contributed by atoms with Gasteiger partial charge in [0.1, 0.15) is 0 Å². The molecule has 1 unspecified atom stereocenters. The largest absolute Gasteiger partial charge is 0.488 e. The zero-order chi connectivity index (χ0) is 12.1. The van der Waals surface area contributed by atoms with Crippen molar-refractivity contribution in [2.45, 2.75) is 13.0 Å². The zero-order valence-electron chi connectivity index (χ0n) is 9.71. The summed E-state index contributed by atoms with van der Waals surface area (Å²) in [5, 5.41) is 18.1. The van der Waals surface area contributed by atoms with E-state index in [0.29, 0.717) is 24.6 Å². The van der Waals surface area contributed by atoms with Crippen LogP contribution in [0.15, 0.2) is 24.3 Å². The predicted molar refractivity (Wildman–Crippen MR) is 64.8 cm³/mol. The molecule has 0 aliphatic carbocycles. The second kappa shape index (κ2) is 6.16. The van der Waals surface area contributed by atoms with Gasteiger partial charge in [-0.25, -0.2) is 0 Å². The van der Waals surface area contributed by atoms with E-state index in [2.05, 4.69) is 0 Å². The second-order valence-electron chi connectivity index (χ2n) is 4.36. The summed E-state index contributed by atoms with van der Waals surface area (Å²) >= 11 is 0. The van der Waals surface area contributed by atoms with Crippen molar-refractivity contribution in [3.8, 4) is 0 Å². The van der Waals surface area contributed by atoms with E-state index in [1.54, 1.807) is 18.2 Å². The van der Waals surface area contributed by atoms with Gasteiger partial charge in [-0.3, -0.25) is 0 Å². The minimum atomic E-state index is -1.42. The SMILES string of the molecule is OB(O)c1cccc(COCC2CCOC2)c1. The van der Waals surface area contributed by atoms with Gasteiger partial charge in [0.25, 0.3) is 0 Å². The fourth-order valence-electron chi connectivity index (χ4n) is 1.90. The molecule has 2 N–H and O–H groups in total. The molecule has 5 heteroatoms. The van der Waals surface area contributed by atoms with Crippen molar-refractivity contribution < 1.29 is 19.5 Å². The van der Waals surface area contributed by atoms with Gasteiger partial charge in [-0.2, -0.15) is 0 Å². The van der Waals surface area contributed by atoms with Crippen LogP contribution < -0.4 is 5.46 Å². The van der Waals surface area contributed by atoms with Crippen LogP contribution in [0, 0.1) is 5.92 Å². The lowest BCUT2D eigenvalue weighted by Crippen LogP contribution is -2.29. The van der Waals surface area contributed by atoms with E-state index in [4.69, 9.17) is 19.5 Å². The normalized spacial score (nSPS) is 19.5. The maximum absolute atomic E-state index is 9.04. The number of hydrogen-bond acceptors (Lipinski definition) is 4. The summed E-state index contributed by atoms with van der Waals surface area (Å²) < 4.78 is 10.9. The third kappa shape index (κ3) is 3.82. The van der Waals surface area contributed by atoms with Gasteiger partial charge in [0.05, 0.1) is 19.8 Å². The van der Waals surface area contributed by atoms with E-state index in [-0.39, 0.29) is 0 Å². The molecule has 1 aliphatic heterocycles. The second-order valence-corrected chi connectivity index (χ2v) is 4.36. The minimum absolute atomic E-state index is 0.496. The van der Waals surface area contributed by atoms with E-state index in [1.807, 2.05) is 6.07 Å². The Balaban J connectivity index is 1.79. The van der Waals surface area contributed by atoms with Crippen LogP contribution in [0.25, 0.3) is 0 Å². The third-order valence-corrected chi connectivity index (χ3v) is 2.90. The fourth-order valence-corrected chi connectivity index (χ4v) is 1.90. The Labute approximate surface area is 101 Å². The highest BCUT2D eigenvalue weighted by atomic mass is 16.5. The maximum atomic E-state index is 9.04. The van der Waals surface area contributed by atoms with Crippen LogP contribution >= 0.6 is 0 Å². The van der Waals surface area contributed by atoms with Gasteiger partial charge in [0.15, 0.2) is 0 Å². The van der Waals surface area contributed by atoms with Crippen LogP contribution in [0.2, 0.25) is 0 Å². The topological polar surface area (TPSA) is 58.9 Å². The third-order valence-electron chi connectivity index (χ3n) is 2.90. The average Bonchev–Trinajstić information content (AvgIpc) is 2.82. The van der Waals surface area contributed by atoms with Crippen molar-refractivity contribution in [2.75, 3.05) is 19.8 Å². The Morgan fingerprint density at radius 3 is 3.00 bits per heavy atom. The van der Waals surface area contributed by atoms with Gasteiger partial charge >= 0.3 is 7.12 Å². The highest BCUT2D eigenvalue weighted by Gasteiger charge is 2.15. The zero-order valence-corrected chi connectivity index (χ0v) is 9.71. The summed E-state index contributed by atoms with van der Waals surface area (Å²) in [6.07, 6.45) is 1.06. The van der Waals surface area contributed by atoms with Crippen molar-refractivity contribution in [1.29, 1.82) is 0 Å². The van der Waals surface area contributed by atoms with E-state index >= 15 is 0 Å². The van der Waals surface area contributed by atoms with Crippen LogP contribution in [0.5, 0.6) is 0 Å². The van der Waals surface area contributed by atoms with Gasteiger partial charge in [-0.05, 0) is 17.4 Å². The van der Waals surface area contributed by atoms with Crippen molar-refractivity contribution >= 4 is 12.6 Å². The van der Waals surface area contributed by atoms with Crippen molar-refractivity contribution in [3.05, 3.63) is 29.8 Å². The van der Waals surface area contributed by atoms with Crippen molar-refractivity contribution in [2.24, 2.45) is 5.92 Å². The number of ether oxygens (including phenoxy) is 2. The van der Waals surface area contributed by atoms with Gasteiger partial charge in [0, 0.05) is 12.5 Å². The van der Waals surface area contributed by atoms with E-state index < -0.39 is 7.12 Å². The first-order valence-corrected chi connectivity index (χ1v) is 5.86. The molecule has 0 saturated carbocycles. The molecule has 1 aromatic rings. The Hall–Kier alpha value is -0.875. The monoisotopic (exact) mass is 236 g/mol. The molecule has 0 spiro atoms. The lowest BCUT2D eigenvalue weighted by atomic mass is 9.80. The summed E-state index contributed by atoms with van der Waals surface area (Å²) in [5.41, 5.74) is 1.45. The molecule has 0 radical (unpaired) electrons. The first kappa shape index (κ1) is 12.6. The van der Waals surface area contributed by atoms with E-state index in [1.165, 1.54) is 0 Å². The highest BCUT2D eigenvalue weighted by molar-refractivity contribution is 6.58. The molecule has 1 fully saturated rings. The molecule has 4 nitrogen and oxygen atoms in total. The number of hydrogen-bond donors (Lipinski definition) is 2. The maximum Gasteiger partial charge on any atom is 0.488 e. The molecule has 0 aromatic heterocycles. The summed E-state index contributed by atoms with van der Waals surface area (Å²) in [6, 6.07) is 7.14. The lowest BCUT2D eigenvalue weighted by Gasteiger charge is -2.09. The molecular weight excluding hydrogens is 219 g/mol. The molecule has 92 valence electrons. The molecule has 1 atom stereocenters. The van der Waals surface area contributed by atoms with Crippen LogP contribution in [0.1, 0.15) is 12.0 Å². The van der Waals surface area contributed by atoms with Gasteiger partial charge in [-0.1, -0.05) is 24.3 Å². The fraction of sp³-hybridized carbons (Fsp3) is 0.500. The van der Waals surface area contributed by atoms with Crippen LogP contribution in [0.3, 0.4) is 0 Å². The number of benzene rings is 1. The average molecular weight is 236 g/mol. The van der Waals surface area contributed by atoms with Gasteiger partial charge in [-0.15, -0.1) is 0 Å². The Morgan fingerprint density at radius 1 is 1.41 bits per heavy atom. The minimum Gasteiger partial charge on any atom is -0.423 e. The molecule has 1 aromatic carbocycles. The van der Waals surface area contributed by atoms with Crippen LogP contribution in [-0.2, 0) is 16.1 Å². The van der Waals surface area contributed by atoms with Gasteiger partial charge in [0.2, 0.25) is 0 Å². The summed E-state index contributed by atoms with van der Waals surface area (Å²) in [4.78, 5) is 0. The first-order chi connectivity index (χ1) is 8.25. The highest BCUT2D eigenvalue weighted by Crippen LogP contribution is 2.13. The predicted octanol–water partition coefficient (Wildman–Crippen LogP) is -0.0805. The van der Waals surface area contributed by atoms with Crippen LogP contribution in [0.4, 0.5) is 0 Å². The smallest absolute Gasteiger partial charge is 0.423 e. The number of rotatable bonds is 5. The van der Waals surface area contributed by atoms with Crippen molar-refractivity contribution in [1.82, 2.24) is 0 Å². The van der Waals surface area contributed by atoms with E-state index in [0.717, 1.165) is 25.2 Å². The summed E-state index contributed by atoms with van der Waals surface area (Å²) in [6.45, 7) is 2.82. The molecular formula is C12H17BO4. The molecule has 17 heavy (non-hydrogen) atoms. The summed E-state index contributed by atoms with van der Waals surface area (Å²) in [5.74, 6) is 0.501. The Morgan fingerprint density at radius 2 is 2.29 bits per heavy atom. The summed E-state index contributed by atoms with van der Waals surface area (Å²) in [7, 11) is -1.42. The molecule has 1 aliphatic rings. The first-order valence-electron chi connectivity index (χ1n) is 5.86. The molecule has 1 heterocycles. The van der Waals surface area contributed by atoms with Crippen molar-refractivity contribution in [3.63, 3.8) is 0 Å². The van der Waals surface area contributed by atoms with E-state index in [9.17, 15) is 0 Å². The quantitative estimate of drug-likeness (QED) is 0.702. The molecule has 0 bridgehead atoms. The molecule has 1 saturated heterocycles. The van der Waals surface area contributed by atoms with Gasteiger partial charge < -0.3 is 19.5 Å². The molecule has 0 amide bonds. The van der Waals surface area contributed by atoms with Crippen LogP contribution in [-0.4, -0.2) is 37.0 Å². The Kier molecular flexibility index (Phi) is 4.56.